The maximum absolute atomic E-state index is 13.0. The van der Waals surface area contributed by atoms with Crippen molar-refractivity contribution in [2.24, 2.45) is 0 Å². The van der Waals surface area contributed by atoms with Gasteiger partial charge in [-0.15, -0.1) is 0 Å². The van der Waals surface area contributed by atoms with Crippen LogP contribution in [0.4, 0.5) is 0 Å². The molecule has 0 N–H and O–H groups in total. The van der Waals surface area contributed by atoms with E-state index in [1.165, 1.54) is 17.5 Å². The van der Waals surface area contributed by atoms with Gasteiger partial charge in [-0.25, -0.2) is 0 Å². The number of carbonyl (C=O) groups is 1. The summed E-state index contributed by atoms with van der Waals surface area (Å²) in [6.45, 7) is 4.45. The molecule has 0 atom stereocenters. The molecule has 0 spiro atoms. The third-order valence-electron chi connectivity index (χ3n) is 4.79. The Kier molecular flexibility index (Phi) is 3.89. The SMILES string of the molecule is Cc1cccc(Cn2c(C(=O)N3CCCCC3)cc3ccoc32)c1. The first-order valence-electron chi connectivity index (χ1n) is 8.64. The Morgan fingerprint density at radius 1 is 1.12 bits per heavy atom. The minimum atomic E-state index is 0.119. The Bertz CT molecular complexity index is 869. The molecule has 0 aliphatic carbocycles. The quantitative estimate of drug-likeness (QED) is 0.724. The van der Waals surface area contributed by atoms with Crippen molar-refractivity contribution in [2.75, 3.05) is 13.1 Å². The zero-order valence-corrected chi connectivity index (χ0v) is 14.0. The van der Waals surface area contributed by atoms with Gasteiger partial charge in [0, 0.05) is 18.5 Å². The smallest absolute Gasteiger partial charge is 0.270 e. The molecule has 1 saturated heterocycles. The van der Waals surface area contributed by atoms with Gasteiger partial charge in [0.1, 0.15) is 5.69 Å². The summed E-state index contributed by atoms with van der Waals surface area (Å²) >= 11 is 0. The molecule has 0 unspecified atom stereocenters. The molecule has 0 saturated carbocycles. The first kappa shape index (κ1) is 15.1. The lowest BCUT2D eigenvalue weighted by Crippen LogP contribution is -2.36. The van der Waals surface area contributed by atoms with Crippen LogP contribution in [-0.4, -0.2) is 28.5 Å². The summed E-state index contributed by atoms with van der Waals surface area (Å²) in [5.74, 6) is 0.119. The second-order valence-electron chi connectivity index (χ2n) is 6.64. The van der Waals surface area contributed by atoms with Gasteiger partial charge in [0.05, 0.1) is 12.8 Å². The standard InChI is InChI=1S/C20H22N2O2/c1-15-6-5-7-16(12-15)14-22-18(13-17-8-11-24-20(17)22)19(23)21-9-3-2-4-10-21/h5-8,11-13H,2-4,9-10,14H2,1H3. The van der Waals surface area contributed by atoms with Gasteiger partial charge in [0.25, 0.3) is 5.91 Å². The third-order valence-corrected chi connectivity index (χ3v) is 4.79. The second-order valence-corrected chi connectivity index (χ2v) is 6.64. The van der Waals surface area contributed by atoms with Gasteiger partial charge in [0.15, 0.2) is 0 Å². The van der Waals surface area contributed by atoms with Gasteiger partial charge < -0.3 is 13.9 Å². The van der Waals surface area contributed by atoms with Crippen molar-refractivity contribution in [1.82, 2.24) is 9.47 Å². The van der Waals surface area contributed by atoms with Crippen LogP contribution in [0.3, 0.4) is 0 Å². The fourth-order valence-corrected chi connectivity index (χ4v) is 3.56. The maximum atomic E-state index is 13.0. The molecule has 0 bridgehead atoms. The van der Waals surface area contributed by atoms with Gasteiger partial charge in [0.2, 0.25) is 5.71 Å². The molecule has 4 heteroatoms. The zero-order valence-electron chi connectivity index (χ0n) is 14.0. The molecule has 1 fully saturated rings. The van der Waals surface area contributed by atoms with Crippen LogP contribution in [0.2, 0.25) is 0 Å². The number of nitrogens with zero attached hydrogens (tertiary/aromatic N) is 2. The van der Waals surface area contributed by atoms with E-state index >= 15 is 0 Å². The Morgan fingerprint density at radius 2 is 1.96 bits per heavy atom. The summed E-state index contributed by atoms with van der Waals surface area (Å²) in [7, 11) is 0. The van der Waals surface area contributed by atoms with Gasteiger partial charge in [-0.2, -0.15) is 0 Å². The Hall–Kier alpha value is -2.49. The van der Waals surface area contributed by atoms with E-state index < -0.39 is 0 Å². The summed E-state index contributed by atoms with van der Waals surface area (Å²) in [6.07, 6.45) is 5.10. The van der Waals surface area contributed by atoms with Crippen LogP contribution < -0.4 is 0 Å². The highest BCUT2D eigenvalue weighted by Gasteiger charge is 2.24. The van der Waals surface area contributed by atoms with Crippen LogP contribution in [0.5, 0.6) is 0 Å². The third kappa shape index (κ3) is 2.73. The predicted octanol–water partition coefficient (Wildman–Crippen LogP) is 4.22. The molecular weight excluding hydrogens is 300 g/mol. The molecule has 124 valence electrons. The number of hydrogen-bond donors (Lipinski definition) is 0. The highest BCUT2D eigenvalue weighted by molar-refractivity contribution is 5.97. The van der Waals surface area contributed by atoms with E-state index in [-0.39, 0.29) is 5.91 Å². The van der Waals surface area contributed by atoms with E-state index in [4.69, 9.17) is 4.42 Å². The number of benzene rings is 1. The molecule has 1 aromatic carbocycles. The van der Waals surface area contributed by atoms with Gasteiger partial charge in [-0.1, -0.05) is 29.8 Å². The van der Waals surface area contributed by atoms with E-state index in [1.54, 1.807) is 6.26 Å². The molecule has 3 aromatic rings. The van der Waals surface area contributed by atoms with Crippen molar-refractivity contribution >= 4 is 17.0 Å². The molecule has 4 rings (SSSR count). The lowest BCUT2D eigenvalue weighted by atomic mass is 10.1. The highest BCUT2D eigenvalue weighted by atomic mass is 16.3. The first-order valence-corrected chi connectivity index (χ1v) is 8.64. The number of carbonyl (C=O) groups excluding carboxylic acids is 1. The first-order chi connectivity index (χ1) is 11.7. The Morgan fingerprint density at radius 3 is 2.75 bits per heavy atom. The molecule has 1 aliphatic heterocycles. The van der Waals surface area contributed by atoms with Crippen LogP contribution in [0.15, 0.2) is 47.1 Å². The fourth-order valence-electron chi connectivity index (χ4n) is 3.56. The molecule has 24 heavy (non-hydrogen) atoms. The van der Waals surface area contributed by atoms with Crippen molar-refractivity contribution in [2.45, 2.75) is 32.7 Å². The average molecular weight is 322 g/mol. The van der Waals surface area contributed by atoms with Gasteiger partial charge in [-0.05, 0) is 43.9 Å². The van der Waals surface area contributed by atoms with E-state index in [1.807, 2.05) is 21.6 Å². The number of aryl methyl sites for hydroxylation is 1. The van der Waals surface area contributed by atoms with Crippen molar-refractivity contribution in [1.29, 1.82) is 0 Å². The molecular formula is C20H22N2O2. The number of rotatable bonds is 3. The molecule has 3 heterocycles. The monoisotopic (exact) mass is 322 g/mol. The lowest BCUT2D eigenvalue weighted by Gasteiger charge is -2.27. The van der Waals surface area contributed by atoms with Crippen LogP contribution in [-0.2, 0) is 6.54 Å². The number of aromatic nitrogens is 1. The van der Waals surface area contributed by atoms with E-state index in [2.05, 4.69) is 31.2 Å². The molecule has 1 amide bonds. The van der Waals surface area contributed by atoms with E-state index in [0.717, 1.165) is 42.7 Å². The molecule has 4 nitrogen and oxygen atoms in total. The van der Waals surface area contributed by atoms with Gasteiger partial charge in [-0.3, -0.25) is 4.79 Å². The van der Waals surface area contributed by atoms with Gasteiger partial charge >= 0.3 is 0 Å². The Balaban J connectivity index is 1.72. The summed E-state index contributed by atoms with van der Waals surface area (Å²) in [6, 6.07) is 12.3. The number of piperidine rings is 1. The zero-order chi connectivity index (χ0) is 16.5. The predicted molar refractivity (Wildman–Crippen MR) is 94.2 cm³/mol. The van der Waals surface area contributed by atoms with Crippen LogP contribution >= 0.6 is 0 Å². The highest BCUT2D eigenvalue weighted by Crippen LogP contribution is 2.25. The number of likely N-dealkylation sites (tertiary alicyclic amines) is 1. The average Bonchev–Trinajstić information content (AvgIpc) is 3.18. The van der Waals surface area contributed by atoms with Crippen LogP contribution in [0.25, 0.3) is 11.1 Å². The van der Waals surface area contributed by atoms with Crippen molar-refractivity contribution in [3.8, 4) is 0 Å². The van der Waals surface area contributed by atoms with Crippen molar-refractivity contribution < 1.29 is 9.21 Å². The molecule has 0 radical (unpaired) electrons. The largest absolute Gasteiger partial charge is 0.448 e. The topological polar surface area (TPSA) is 38.4 Å². The summed E-state index contributed by atoms with van der Waals surface area (Å²) in [5.41, 5.74) is 3.90. The normalized spacial score (nSPS) is 15.1. The lowest BCUT2D eigenvalue weighted by molar-refractivity contribution is 0.0714. The Labute approximate surface area is 141 Å². The van der Waals surface area contributed by atoms with E-state index in [9.17, 15) is 4.79 Å². The van der Waals surface area contributed by atoms with Crippen LogP contribution in [0, 0.1) is 6.92 Å². The fraction of sp³-hybridized carbons (Fsp3) is 0.350. The second kappa shape index (κ2) is 6.19. The summed E-state index contributed by atoms with van der Waals surface area (Å²) in [5, 5.41) is 0.989. The minimum Gasteiger partial charge on any atom is -0.448 e. The number of hydrogen-bond acceptors (Lipinski definition) is 2. The minimum absolute atomic E-state index is 0.119. The molecule has 2 aromatic heterocycles. The summed E-state index contributed by atoms with van der Waals surface area (Å²) < 4.78 is 7.68. The maximum Gasteiger partial charge on any atom is 0.270 e. The number of amides is 1. The summed E-state index contributed by atoms with van der Waals surface area (Å²) in [4.78, 5) is 15.0. The van der Waals surface area contributed by atoms with Crippen molar-refractivity contribution in [3.05, 3.63) is 59.5 Å². The molecule has 1 aliphatic rings. The van der Waals surface area contributed by atoms with E-state index in [0.29, 0.717) is 6.54 Å². The number of furan rings is 1. The van der Waals surface area contributed by atoms with Crippen molar-refractivity contribution in [3.63, 3.8) is 0 Å². The van der Waals surface area contributed by atoms with Crippen LogP contribution in [0.1, 0.15) is 40.9 Å². The number of fused-ring (bicyclic) bond motifs is 1.